The van der Waals surface area contributed by atoms with Crippen LogP contribution in [0.4, 0.5) is 14.6 Å². The number of nitrogens with zero attached hydrogens (tertiary/aromatic N) is 2. The van der Waals surface area contributed by atoms with Gasteiger partial charge in [-0.3, -0.25) is 4.98 Å². The number of hydrogen-bond donors (Lipinski definition) is 1. The van der Waals surface area contributed by atoms with Gasteiger partial charge in [0, 0.05) is 0 Å². The van der Waals surface area contributed by atoms with E-state index in [-0.39, 0.29) is 12.4 Å². The maximum Gasteiger partial charge on any atom is 0.261 e. The van der Waals surface area contributed by atoms with E-state index in [4.69, 9.17) is 5.73 Å². The van der Waals surface area contributed by atoms with Gasteiger partial charge in [-0.2, -0.15) is 0 Å². The summed E-state index contributed by atoms with van der Waals surface area (Å²) < 4.78 is 27.9. The molecule has 1 rings (SSSR count). The summed E-state index contributed by atoms with van der Waals surface area (Å²) in [5, 5.41) is 0. The van der Waals surface area contributed by atoms with E-state index in [1.54, 1.807) is 0 Å². The van der Waals surface area contributed by atoms with Crippen LogP contribution in [-0.2, 0) is 11.3 Å². The maximum absolute atomic E-state index is 11.6. The molecule has 0 bridgehead atoms. The van der Waals surface area contributed by atoms with Crippen LogP contribution in [-0.4, -0.2) is 23.0 Å². The summed E-state index contributed by atoms with van der Waals surface area (Å²) in [5.41, 5.74) is 5.75. The molecule has 0 aliphatic carbocycles. The summed E-state index contributed by atoms with van der Waals surface area (Å²) in [4.78, 5) is 7.54. The molecule has 0 aliphatic rings. The first-order valence-corrected chi connectivity index (χ1v) is 3.61. The van der Waals surface area contributed by atoms with Crippen molar-refractivity contribution in [3.05, 3.63) is 18.1 Å². The van der Waals surface area contributed by atoms with Gasteiger partial charge in [0.05, 0.1) is 24.7 Å². The average Bonchev–Trinajstić information content (AvgIpc) is 2.08. The molecule has 0 saturated heterocycles. The fourth-order valence-electron chi connectivity index (χ4n) is 0.692. The predicted octanol–water partition coefficient (Wildman–Crippen LogP) is 0.841. The summed E-state index contributed by atoms with van der Waals surface area (Å²) in [7, 11) is 0. The van der Waals surface area contributed by atoms with Crippen molar-refractivity contribution in [3.8, 4) is 0 Å². The van der Waals surface area contributed by atoms with Crippen molar-refractivity contribution in [2.45, 2.75) is 13.0 Å². The van der Waals surface area contributed by atoms with Crippen LogP contribution in [0.25, 0.3) is 0 Å². The lowest BCUT2D eigenvalue weighted by Gasteiger charge is -2.02. The molecule has 1 aromatic rings. The zero-order valence-electron chi connectivity index (χ0n) is 6.78. The van der Waals surface area contributed by atoms with Gasteiger partial charge in [0.2, 0.25) is 0 Å². The van der Waals surface area contributed by atoms with Gasteiger partial charge in [-0.25, -0.2) is 13.8 Å². The highest BCUT2D eigenvalue weighted by molar-refractivity contribution is 5.22. The molecule has 0 amide bonds. The lowest BCUT2D eigenvalue weighted by Crippen LogP contribution is -2.05. The fourth-order valence-corrected chi connectivity index (χ4v) is 0.692. The molecular weight excluding hydrogens is 180 g/mol. The number of ether oxygens (including phenoxy) is 1. The highest BCUT2D eigenvalue weighted by atomic mass is 19.3. The first-order chi connectivity index (χ1) is 6.18. The topological polar surface area (TPSA) is 61.0 Å². The molecule has 0 radical (unpaired) electrons. The molecular formula is C7H9F2N3O. The van der Waals surface area contributed by atoms with Gasteiger partial charge in [-0.15, -0.1) is 0 Å². The molecule has 2 N–H and O–H groups in total. The minimum Gasteiger partial charge on any atom is -0.382 e. The molecule has 0 aliphatic heterocycles. The molecule has 0 atom stereocenters. The maximum atomic E-state index is 11.6. The summed E-state index contributed by atoms with van der Waals surface area (Å²) in [6.45, 7) is -0.566. The van der Waals surface area contributed by atoms with E-state index in [0.717, 1.165) is 0 Å². The molecule has 0 saturated carbocycles. The second-order valence-corrected chi connectivity index (χ2v) is 2.34. The Morgan fingerprint density at radius 1 is 1.38 bits per heavy atom. The Bertz CT molecular complexity index is 252. The standard InChI is InChI=1S/C7H9F2N3O/c8-6(9)4-13-3-5-1-12-7(10)2-11-5/h1-2,6H,3-4H2,(H2,10,12). The van der Waals surface area contributed by atoms with Gasteiger partial charge >= 0.3 is 0 Å². The van der Waals surface area contributed by atoms with E-state index >= 15 is 0 Å². The highest BCUT2D eigenvalue weighted by Crippen LogP contribution is 2.00. The summed E-state index contributed by atoms with van der Waals surface area (Å²) >= 11 is 0. The van der Waals surface area contributed by atoms with Gasteiger partial charge in [-0.1, -0.05) is 0 Å². The third-order valence-electron chi connectivity index (χ3n) is 1.22. The SMILES string of the molecule is Nc1cnc(COCC(F)F)cn1. The van der Waals surface area contributed by atoms with Crippen molar-refractivity contribution in [2.24, 2.45) is 0 Å². The number of hydrogen-bond acceptors (Lipinski definition) is 4. The van der Waals surface area contributed by atoms with E-state index in [0.29, 0.717) is 5.69 Å². The van der Waals surface area contributed by atoms with Gasteiger partial charge in [0.15, 0.2) is 0 Å². The van der Waals surface area contributed by atoms with Crippen LogP contribution < -0.4 is 5.73 Å². The average molecular weight is 189 g/mol. The van der Waals surface area contributed by atoms with Crippen molar-refractivity contribution in [1.82, 2.24) is 9.97 Å². The van der Waals surface area contributed by atoms with Crippen LogP contribution >= 0.6 is 0 Å². The van der Waals surface area contributed by atoms with E-state index in [1.807, 2.05) is 0 Å². The Hall–Kier alpha value is -1.30. The van der Waals surface area contributed by atoms with Crippen LogP contribution in [0.15, 0.2) is 12.4 Å². The molecule has 13 heavy (non-hydrogen) atoms. The first kappa shape index (κ1) is 9.79. The zero-order chi connectivity index (χ0) is 9.68. The van der Waals surface area contributed by atoms with Crippen molar-refractivity contribution in [3.63, 3.8) is 0 Å². The third-order valence-corrected chi connectivity index (χ3v) is 1.22. The van der Waals surface area contributed by atoms with Gasteiger partial charge < -0.3 is 10.5 Å². The van der Waals surface area contributed by atoms with Crippen molar-refractivity contribution in [2.75, 3.05) is 12.3 Å². The van der Waals surface area contributed by atoms with Gasteiger partial charge in [0.1, 0.15) is 12.4 Å². The second-order valence-electron chi connectivity index (χ2n) is 2.34. The second kappa shape index (κ2) is 4.66. The number of aromatic nitrogens is 2. The largest absolute Gasteiger partial charge is 0.382 e. The molecule has 72 valence electrons. The Balaban J connectivity index is 2.33. The minimum absolute atomic E-state index is 0.0254. The molecule has 6 heteroatoms. The number of nitrogens with two attached hydrogens (primary N) is 1. The molecule has 0 aromatic carbocycles. The zero-order valence-corrected chi connectivity index (χ0v) is 6.78. The number of rotatable bonds is 4. The van der Waals surface area contributed by atoms with E-state index in [2.05, 4.69) is 14.7 Å². The summed E-state index contributed by atoms with van der Waals surface area (Å²) in [6.07, 6.45) is 0.281. The molecule has 1 aromatic heterocycles. The Morgan fingerprint density at radius 3 is 2.69 bits per heavy atom. The molecule has 0 spiro atoms. The van der Waals surface area contributed by atoms with Crippen LogP contribution in [0, 0.1) is 0 Å². The van der Waals surface area contributed by atoms with E-state index in [1.165, 1.54) is 12.4 Å². The number of halogens is 2. The lowest BCUT2D eigenvalue weighted by atomic mass is 10.5. The van der Waals surface area contributed by atoms with Crippen molar-refractivity contribution in [1.29, 1.82) is 0 Å². The van der Waals surface area contributed by atoms with Crippen LogP contribution in [0.2, 0.25) is 0 Å². The molecule has 4 nitrogen and oxygen atoms in total. The van der Waals surface area contributed by atoms with Gasteiger partial charge in [0.25, 0.3) is 6.43 Å². The lowest BCUT2D eigenvalue weighted by molar-refractivity contribution is 0.00875. The third kappa shape index (κ3) is 3.75. The van der Waals surface area contributed by atoms with Crippen molar-refractivity contribution < 1.29 is 13.5 Å². The predicted molar refractivity (Wildman–Crippen MR) is 42.1 cm³/mol. The molecule has 0 unspecified atom stereocenters. The molecule has 1 heterocycles. The molecule has 0 fully saturated rings. The Labute approximate surface area is 73.8 Å². The van der Waals surface area contributed by atoms with Crippen LogP contribution in [0.5, 0.6) is 0 Å². The number of anilines is 1. The highest BCUT2D eigenvalue weighted by Gasteiger charge is 2.02. The van der Waals surface area contributed by atoms with Crippen LogP contribution in [0.3, 0.4) is 0 Å². The normalized spacial score (nSPS) is 10.7. The summed E-state index contributed by atoms with van der Waals surface area (Å²) in [5.74, 6) is 0.289. The fraction of sp³-hybridized carbons (Fsp3) is 0.429. The summed E-state index contributed by atoms with van der Waals surface area (Å²) in [6, 6.07) is 0. The number of alkyl halides is 2. The minimum atomic E-state index is -2.46. The van der Waals surface area contributed by atoms with Crippen LogP contribution in [0.1, 0.15) is 5.69 Å². The van der Waals surface area contributed by atoms with Crippen molar-refractivity contribution >= 4 is 5.82 Å². The van der Waals surface area contributed by atoms with E-state index < -0.39 is 13.0 Å². The smallest absolute Gasteiger partial charge is 0.261 e. The first-order valence-electron chi connectivity index (χ1n) is 3.61. The number of nitrogen functional groups attached to an aromatic ring is 1. The Kier molecular flexibility index (Phi) is 3.51. The quantitative estimate of drug-likeness (QED) is 0.762. The monoisotopic (exact) mass is 189 g/mol. The van der Waals surface area contributed by atoms with E-state index in [9.17, 15) is 8.78 Å². The Morgan fingerprint density at radius 2 is 2.15 bits per heavy atom. The van der Waals surface area contributed by atoms with Gasteiger partial charge in [-0.05, 0) is 0 Å².